The van der Waals surface area contributed by atoms with Gasteiger partial charge in [0.2, 0.25) is 0 Å². The number of nitrogens with one attached hydrogen (secondary N) is 1. The summed E-state index contributed by atoms with van der Waals surface area (Å²) in [5.41, 5.74) is 0.206. The number of anilines is 1. The lowest BCUT2D eigenvalue weighted by Gasteiger charge is -2.11. The lowest BCUT2D eigenvalue weighted by Crippen LogP contribution is -2.21. The standard InChI is InChI=1S/C15H13Cl2NO4S/c1-23(20,21)14-5-3-2-4-13(14)18-15(19)9-22-10-6-7-11(16)12(17)8-10/h2-8H,9H2,1H3,(H,18,19). The van der Waals surface area contributed by atoms with Gasteiger partial charge in [-0.2, -0.15) is 0 Å². The Balaban J connectivity index is 2.04. The molecule has 2 aromatic rings. The van der Waals surface area contributed by atoms with Gasteiger partial charge in [-0.05, 0) is 24.3 Å². The number of benzene rings is 2. The number of carbonyl (C=O) groups excluding carboxylic acids is 1. The van der Waals surface area contributed by atoms with Crippen molar-refractivity contribution in [3.05, 3.63) is 52.5 Å². The van der Waals surface area contributed by atoms with E-state index in [0.29, 0.717) is 15.8 Å². The summed E-state index contributed by atoms with van der Waals surface area (Å²) < 4.78 is 28.6. The molecule has 0 aliphatic carbocycles. The van der Waals surface area contributed by atoms with Crippen LogP contribution in [-0.2, 0) is 14.6 Å². The molecule has 122 valence electrons. The molecule has 0 aliphatic rings. The maximum atomic E-state index is 11.9. The Labute approximate surface area is 144 Å². The Morgan fingerprint density at radius 2 is 1.83 bits per heavy atom. The highest BCUT2D eigenvalue weighted by Gasteiger charge is 2.14. The fourth-order valence-electron chi connectivity index (χ4n) is 1.80. The van der Waals surface area contributed by atoms with Gasteiger partial charge in [0.25, 0.3) is 5.91 Å². The van der Waals surface area contributed by atoms with Gasteiger partial charge < -0.3 is 10.1 Å². The monoisotopic (exact) mass is 373 g/mol. The molecule has 0 aromatic heterocycles. The van der Waals surface area contributed by atoms with Crippen LogP contribution in [0.4, 0.5) is 5.69 Å². The topological polar surface area (TPSA) is 72.5 Å². The summed E-state index contributed by atoms with van der Waals surface area (Å²) in [5.74, 6) is -0.113. The van der Waals surface area contributed by atoms with Crippen LogP contribution in [-0.4, -0.2) is 27.2 Å². The summed E-state index contributed by atoms with van der Waals surface area (Å²) in [5, 5.41) is 3.20. The predicted octanol–water partition coefficient (Wildman–Crippen LogP) is 3.41. The molecule has 0 saturated heterocycles. The van der Waals surface area contributed by atoms with Crippen LogP contribution in [0, 0.1) is 0 Å². The lowest BCUT2D eigenvalue weighted by molar-refractivity contribution is -0.118. The number of rotatable bonds is 5. The molecular weight excluding hydrogens is 361 g/mol. The minimum atomic E-state index is -3.44. The molecule has 0 bridgehead atoms. The largest absolute Gasteiger partial charge is 0.484 e. The fraction of sp³-hybridized carbons (Fsp3) is 0.133. The van der Waals surface area contributed by atoms with E-state index in [1.165, 1.54) is 18.2 Å². The Morgan fingerprint density at radius 1 is 1.13 bits per heavy atom. The Kier molecular flexibility index (Phi) is 5.51. The highest BCUT2D eigenvalue weighted by molar-refractivity contribution is 7.90. The number of halogens is 2. The van der Waals surface area contributed by atoms with Crippen LogP contribution in [0.25, 0.3) is 0 Å². The van der Waals surface area contributed by atoms with Gasteiger partial charge in [-0.1, -0.05) is 35.3 Å². The quantitative estimate of drug-likeness (QED) is 0.871. The molecule has 0 atom stereocenters. The molecule has 0 heterocycles. The third-order valence-corrected chi connectivity index (χ3v) is 4.72. The number of sulfone groups is 1. The molecule has 2 aromatic carbocycles. The van der Waals surface area contributed by atoms with Crippen LogP contribution >= 0.6 is 23.2 Å². The zero-order valence-corrected chi connectivity index (χ0v) is 14.4. The Morgan fingerprint density at radius 3 is 2.48 bits per heavy atom. The van der Waals surface area contributed by atoms with Gasteiger partial charge in [-0.3, -0.25) is 4.79 Å². The van der Waals surface area contributed by atoms with E-state index in [1.54, 1.807) is 24.3 Å². The second-order valence-corrected chi connectivity index (χ2v) is 7.48. The van der Waals surface area contributed by atoms with E-state index in [2.05, 4.69) is 5.32 Å². The molecule has 5 nitrogen and oxygen atoms in total. The van der Waals surface area contributed by atoms with Crippen molar-refractivity contribution in [2.75, 3.05) is 18.2 Å². The highest BCUT2D eigenvalue weighted by atomic mass is 35.5. The van der Waals surface area contributed by atoms with E-state index in [9.17, 15) is 13.2 Å². The Bertz CT molecular complexity index is 837. The molecule has 8 heteroatoms. The average Bonchev–Trinajstić information content (AvgIpc) is 2.48. The number of carbonyl (C=O) groups is 1. The van der Waals surface area contributed by atoms with Crippen molar-refractivity contribution < 1.29 is 17.9 Å². The summed E-state index contributed by atoms with van der Waals surface area (Å²) in [6, 6.07) is 10.8. The number of hydrogen-bond acceptors (Lipinski definition) is 4. The van der Waals surface area contributed by atoms with Crippen molar-refractivity contribution in [2.45, 2.75) is 4.90 Å². The van der Waals surface area contributed by atoms with Gasteiger partial charge in [-0.25, -0.2) is 8.42 Å². The van der Waals surface area contributed by atoms with Gasteiger partial charge in [-0.15, -0.1) is 0 Å². The molecule has 2 rings (SSSR count). The second kappa shape index (κ2) is 7.21. The van der Waals surface area contributed by atoms with Crippen molar-refractivity contribution in [1.29, 1.82) is 0 Å². The summed E-state index contributed by atoms with van der Waals surface area (Å²) in [7, 11) is -3.44. The van der Waals surface area contributed by atoms with E-state index in [1.807, 2.05) is 0 Å². The smallest absolute Gasteiger partial charge is 0.262 e. The summed E-state index contributed by atoms with van der Waals surface area (Å²) >= 11 is 11.6. The van der Waals surface area contributed by atoms with Crippen molar-refractivity contribution >= 4 is 44.6 Å². The molecule has 1 N–H and O–H groups in total. The molecule has 0 fully saturated rings. The van der Waals surface area contributed by atoms with E-state index in [-0.39, 0.29) is 17.2 Å². The molecule has 0 unspecified atom stereocenters. The van der Waals surface area contributed by atoms with Crippen LogP contribution in [0.15, 0.2) is 47.4 Å². The maximum absolute atomic E-state index is 11.9. The predicted molar refractivity (Wildman–Crippen MR) is 90.1 cm³/mol. The summed E-state index contributed by atoms with van der Waals surface area (Å²) in [4.78, 5) is 12.0. The Hall–Kier alpha value is -1.76. The first-order valence-corrected chi connectivity index (χ1v) is 9.09. The summed E-state index contributed by atoms with van der Waals surface area (Å²) in [6.07, 6.45) is 1.07. The lowest BCUT2D eigenvalue weighted by atomic mass is 10.3. The molecule has 1 amide bonds. The minimum Gasteiger partial charge on any atom is -0.484 e. The molecular formula is C15H13Cl2NO4S. The van der Waals surface area contributed by atoms with Gasteiger partial charge in [0.1, 0.15) is 5.75 Å². The SMILES string of the molecule is CS(=O)(=O)c1ccccc1NC(=O)COc1ccc(Cl)c(Cl)c1. The van der Waals surface area contributed by atoms with Gasteiger partial charge >= 0.3 is 0 Å². The second-order valence-electron chi connectivity index (χ2n) is 4.68. The van der Waals surface area contributed by atoms with E-state index in [4.69, 9.17) is 27.9 Å². The van der Waals surface area contributed by atoms with E-state index in [0.717, 1.165) is 6.26 Å². The normalized spacial score (nSPS) is 11.1. The summed E-state index contributed by atoms with van der Waals surface area (Å²) in [6.45, 7) is -0.296. The number of ether oxygens (including phenoxy) is 1. The van der Waals surface area contributed by atoms with Gasteiger partial charge in [0.05, 0.1) is 20.6 Å². The first kappa shape index (κ1) is 17.6. The number of hydrogen-bond donors (Lipinski definition) is 1. The van der Waals surface area contributed by atoms with Gasteiger partial charge in [0.15, 0.2) is 16.4 Å². The minimum absolute atomic E-state index is 0.0443. The number of para-hydroxylation sites is 1. The molecule has 23 heavy (non-hydrogen) atoms. The van der Waals surface area contributed by atoms with Crippen molar-refractivity contribution in [1.82, 2.24) is 0 Å². The van der Waals surface area contributed by atoms with Crippen LogP contribution in [0.1, 0.15) is 0 Å². The first-order valence-electron chi connectivity index (χ1n) is 6.44. The highest BCUT2D eigenvalue weighted by Crippen LogP contribution is 2.26. The van der Waals surface area contributed by atoms with Crippen LogP contribution in [0.2, 0.25) is 10.0 Å². The molecule has 0 radical (unpaired) electrons. The van der Waals surface area contributed by atoms with Crippen LogP contribution in [0.5, 0.6) is 5.75 Å². The molecule has 0 saturated carbocycles. The van der Waals surface area contributed by atoms with Gasteiger partial charge in [0, 0.05) is 12.3 Å². The van der Waals surface area contributed by atoms with Crippen LogP contribution in [0.3, 0.4) is 0 Å². The van der Waals surface area contributed by atoms with Crippen molar-refractivity contribution in [3.63, 3.8) is 0 Å². The number of amides is 1. The van der Waals surface area contributed by atoms with E-state index < -0.39 is 15.7 Å². The zero-order valence-electron chi connectivity index (χ0n) is 12.0. The molecule has 0 spiro atoms. The molecule has 0 aliphatic heterocycles. The van der Waals surface area contributed by atoms with E-state index >= 15 is 0 Å². The third-order valence-electron chi connectivity index (χ3n) is 2.82. The van der Waals surface area contributed by atoms with Crippen molar-refractivity contribution in [2.24, 2.45) is 0 Å². The maximum Gasteiger partial charge on any atom is 0.262 e. The average molecular weight is 374 g/mol. The van der Waals surface area contributed by atoms with Crippen molar-refractivity contribution in [3.8, 4) is 5.75 Å². The first-order chi connectivity index (χ1) is 10.8. The zero-order chi connectivity index (χ0) is 17.0. The van der Waals surface area contributed by atoms with Crippen LogP contribution < -0.4 is 10.1 Å². The third kappa shape index (κ3) is 4.86. The fourth-order valence-corrected chi connectivity index (χ4v) is 2.93.